The molecular weight excluding hydrogens is 240 g/mol. The van der Waals surface area contributed by atoms with Crippen molar-refractivity contribution in [1.29, 1.82) is 0 Å². The van der Waals surface area contributed by atoms with Crippen LogP contribution < -0.4 is 10.2 Å². The van der Waals surface area contributed by atoms with Crippen LogP contribution in [0.3, 0.4) is 0 Å². The third kappa shape index (κ3) is 2.16. The molecule has 0 aliphatic carbocycles. The number of amides is 1. The van der Waals surface area contributed by atoms with Gasteiger partial charge in [0.1, 0.15) is 0 Å². The van der Waals surface area contributed by atoms with Crippen molar-refractivity contribution in [2.24, 2.45) is 5.92 Å². The van der Waals surface area contributed by atoms with Crippen molar-refractivity contribution in [3.63, 3.8) is 0 Å². The Labute approximate surface area is 112 Å². The van der Waals surface area contributed by atoms with E-state index in [-0.39, 0.29) is 11.7 Å². The number of piperidine rings is 1. The molecule has 0 bridgehead atoms. The predicted octanol–water partition coefficient (Wildman–Crippen LogP) is 1.52. The molecule has 1 saturated heterocycles. The second-order valence-electron chi connectivity index (χ2n) is 5.48. The highest BCUT2D eigenvalue weighted by molar-refractivity contribution is 6.52. The third-order valence-electron chi connectivity index (χ3n) is 3.97. The minimum absolute atomic E-state index is 0.359. The number of benzene rings is 1. The summed E-state index contributed by atoms with van der Waals surface area (Å²) in [5.74, 6) is -0.286. The van der Waals surface area contributed by atoms with Gasteiger partial charge in [0.25, 0.3) is 11.7 Å². The van der Waals surface area contributed by atoms with Gasteiger partial charge in [-0.05, 0) is 50.9 Å². The molecule has 4 heteroatoms. The van der Waals surface area contributed by atoms with Crippen LogP contribution in [0, 0.1) is 12.8 Å². The molecule has 4 nitrogen and oxygen atoms in total. The monoisotopic (exact) mass is 258 g/mol. The fourth-order valence-electron chi connectivity index (χ4n) is 2.93. The van der Waals surface area contributed by atoms with Gasteiger partial charge >= 0.3 is 0 Å². The Kier molecular flexibility index (Phi) is 3.11. The smallest absolute Gasteiger partial charge is 0.299 e. The van der Waals surface area contributed by atoms with Gasteiger partial charge in [-0.3, -0.25) is 9.59 Å². The summed E-state index contributed by atoms with van der Waals surface area (Å²) >= 11 is 0. The van der Waals surface area contributed by atoms with Crippen LogP contribution >= 0.6 is 0 Å². The number of carbonyl (C=O) groups excluding carboxylic acids is 2. The van der Waals surface area contributed by atoms with E-state index in [0.29, 0.717) is 18.0 Å². The molecule has 1 fully saturated rings. The maximum Gasteiger partial charge on any atom is 0.299 e. The first-order valence-corrected chi connectivity index (χ1v) is 6.84. The Balaban J connectivity index is 1.86. The zero-order valence-electron chi connectivity index (χ0n) is 11.1. The minimum atomic E-state index is -0.369. The summed E-state index contributed by atoms with van der Waals surface area (Å²) in [5, 5.41) is 3.35. The van der Waals surface area contributed by atoms with Crippen molar-refractivity contribution in [2.75, 3.05) is 24.5 Å². The maximum atomic E-state index is 12.1. The molecule has 0 spiro atoms. The van der Waals surface area contributed by atoms with Crippen molar-refractivity contribution in [3.8, 4) is 0 Å². The van der Waals surface area contributed by atoms with Gasteiger partial charge in [-0.25, -0.2) is 0 Å². The van der Waals surface area contributed by atoms with Crippen LogP contribution in [0.15, 0.2) is 18.2 Å². The number of Topliss-reactive ketones (excluding diaryl/α,β-unsaturated/α-hetero) is 1. The molecule has 2 aliphatic heterocycles. The Morgan fingerprint density at radius 2 is 2.21 bits per heavy atom. The summed E-state index contributed by atoms with van der Waals surface area (Å²) in [5.41, 5.74) is 2.36. The first-order valence-electron chi connectivity index (χ1n) is 6.84. The number of hydrogen-bond donors (Lipinski definition) is 1. The summed E-state index contributed by atoms with van der Waals surface area (Å²) in [7, 11) is 0. The highest BCUT2D eigenvalue weighted by Gasteiger charge is 2.36. The fourth-order valence-corrected chi connectivity index (χ4v) is 2.93. The number of nitrogens with one attached hydrogen (secondary N) is 1. The topological polar surface area (TPSA) is 49.4 Å². The van der Waals surface area contributed by atoms with E-state index in [9.17, 15) is 9.59 Å². The molecule has 1 aromatic carbocycles. The molecule has 3 rings (SSSR count). The molecular formula is C15H18N2O2. The van der Waals surface area contributed by atoms with E-state index in [1.807, 2.05) is 25.1 Å². The van der Waals surface area contributed by atoms with Crippen LogP contribution in [-0.2, 0) is 4.79 Å². The van der Waals surface area contributed by atoms with Crippen LogP contribution in [0.1, 0.15) is 28.8 Å². The highest BCUT2D eigenvalue weighted by Crippen LogP contribution is 2.31. The summed E-state index contributed by atoms with van der Waals surface area (Å²) in [6.45, 7) is 4.57. The van der Waals surface area contributed by atoms with Gasteiger partial charge in [0, 0.05) is 6.54 Å². The Hall–Kier alpha value is -1.68. The van der Waals surface area contributed by atoms with E-state index in [1.165, 1.54) is 0 Å². The van der Waals surface area contributed by atoms with E-state index in [0.717, 1.165) is 37.2 Å². The van der Waals surface area contributed by atoms with Gasteiger partial charge < -0.3 is 10.2 Å². The quantitative estimate of drug-likeness (QED) is 0.818. The minimum Gasteiger partial charge on any atom is -0.316 e. The second-order valence-corrected chi connectivity index (χ2v) is 5.48. The molecule has 1 aromatic rings. The molecule has 1 atom stereocenters. The average Bonchev–Trinajstić information content (AvgIpc) is 2.65. The van der Waals surface area contributed by atoms with Gasteiger partial charge in [0.05, 0.1) is 11.3 Å². The third-order valence-corrected chi connectivity index (χ3v) is 3.97. The van der Waals surface area contributed by atoms with Crippen molar-refractivity contribution in [2.45, 2.75) is 19.8 Å². The number of fused-ring (bicyclic) bond motifs is 1. The zero-order chi connectivity index (χ0) is 13.4. The molecule has 1 unspecified atom stereocenters. The van der Waals surface area contributed by atoms with E-state index in [1.54, 1.807) is 4.90 Å². The Morgan fingerprint density at radius 3 is 2.95 bits per heavy atom. The first-order chi connectivity index (χ1) is 9.16. The number of anilines is 1. The number of carbonyl (C=O) groups is 2. The molecule has 1 N–H and O–H groups in total. The Bertz CT molecular complexity index is 533. The van der Waals surface area contributed by atoms with E-state index in [4.69, 9.17) is 0 Å². The standard InChI is InChI=1S/C15H18N2O2/c1-10-4-5-13-12(7-10)14(18)15(19)17(13)9-11-3-2-6-16-8-11/h4-5,7,11,16H,2-3,6,8-9H2,1H3. The second kappa shape index (κ2) is 4.78. The summed E-state index contributed by atoms with van der Waals surface area (Å²) in [6.07, 6.45) is 2.26. The molecule has 2 aliphatic rings. The summed E-state index contributed by atoms with van der Waals surface area (Å²) in [6, 6.07) is 5.66. The molecule has 2 heterocycles. The predicted molar refractivity (Wildman–Crippen MR) is 73.5 cm³/mol. The lowest BCUT2D eigenvalue weighted by Gasteiger charge is -2.27. The molecule has 0 aromatic heterocycles. The van der Waals surface area contributed by atoms with Crippen LogP contribution in [0.25, 0.3) is 0 Å². The lowest BCUT2D eigenvalue weighted by atomic mass is 9.99. The fraction of sp³-hybridized carbons (Fsp3) is 0.467. The largest absolute Gasteiger partial charge is 0.316 e. The molecule has 0 radical (unpaired) electrons. The van der Waals surface area contributed by atoms with Crippen LogP contribution in [-0.4, -0.2) is 31.3 Å². The number of aryl methyl sites for hydroxylation is 1. The van der Waals surface area contributed by atoms with Crippen LogP contribution in [0.2, 0.25) is 0 Å². The van der Waals surface area contributed by atoms with Gasteiger partial charge in [0.15, 0.2) is 0 Å². The van der Waals surface area contributed by atoms with Crippen molar-refractivity contribution >= 4 is 17.4 Å². The molecule has 19 heavy (non-hydrogen) atoms. The highest BCUT2D eigenvalue weighted by atomic mass is 16.2. The van der Waals surface area contributed by atoms with E-state index in [2.05, 4.69) is 5.32 Å². The van der Waals surface area contributed by atoms with Gasteiger partial charge in [0.2, 0.25) is 0 Å². The zero-order valence-corrected chi connectivity index (χ0v) is 11.1. The summed E-state index contributed by atoms with van der Waals surface area (Å²) in [4.78, 5) is 25.8. The number of rotatable bonds is 2. The van der Waals surface area contributed by atoms with Gasteiger partial charge in [-0.2, -0.15) is 0 Å². The van der Waals surface area contributed by atoms with Crippen molar-refractivity contribution in [3.05, 3.63) is 29.3 Å². The lowest BCUT2D eigenvalue weighted by Crippen LogP contribution is -2.40. The van der Waals surface area contributed by atoms with Crippen LogP contribution in [0.5, 0.6) is 0 Å². The summed E-state index contributed by atoms with van der Waals surface area (Å²) < 4.78 is 0. The van der Waals surface area contributed by atoms with Crippen LogP contribution in [0.4, 0.5) is 5.69 Å². The number of hydrogen-bond acceptors (Lipinski definition) is 3. The normalized spacial score (nSPS) is 22.8. The average molecular weight is 258 g/mol. The van der Waals surface area contributed by atoms with E-state index < -0.39 is 0 Å². The lowest BCUT2D eigenvalue weighted by molar-refractivity contribution is -0.114. The van der Waals surface area contributed by atoms with Gasteiger partial charge in [-0.1, -0.05) is 11.6 Å². The van der Waals surface area contributed by atoms with Crippen molar-refractivity contribution in [1.82, 2.24) is 5.32 Å². The maximum absolute atomic E-state index is 12.1. The number of nitrogens with zero attached hydrogens (tertiary/aromatic N) is 1. The molecule has 100 valence electrons. The molecule has 1 amide bonds. The van der Waals surface area contributed by atoms with Gasteiger partial charge in [-0.15, -0.1) is 0 Å². The molecule has 0 saturated carbocycles. The Morgan fingerprint density at radius 1 is 1.37 bits per heavy atom. The van der Waals surface area contributed by atoms with E-state index >= 15 is 0 Å². The first kappa shape index (κ1) is 12.4. The van der Waals surface area contributed by atoms with Crippen molar-refractivity contribution < 1.29 is 9.59 Å². The number of ketones is 1. The SMILES string of the molecule is Cc1ccc2c(c1)C(=O)C(=O)N2CC1CCCNC1.